The number of carboxylic acid groups (broad SMARTS) is 1. The minimum atomic E-state index is -0.849. The van der Waals surface area contributed by atoms with Gasteiger partial charge in [0.1, 0.15) is 0 Å². The van der Waals surface area contributed by atoms with Crippen LogP contribution in [0.25, 0.3) is 0 Å². The van der Waals surface area contributed by atoms with Gasteiger partial charge in [0.2, 0.25) is 0 Å². The molecule has 0 saturated carbocycles. The average Bonchev–Trinajstić information content (AvgIpc) is 2.65. The lowest BCUT2D eigenvalue weighted by Crippen LogP contribution is -2.33. The van der Waals surface area contributed by atoms with Crippen molar-refractivity contribution in [3.05, 3.63) is 0 Å². The maximum atomic E-state index is 10.7. The molecule has 0 aliphatic carbocycles. The number of hydrogen-bond donors (Lipinski definition) is 1. The van der Waals surface area contributed by atoms with E-state index in [9.17, 15) is 4.79 Å². The number of hydrogen-bond acceptors (Lipinski definition) is 4. The molecule has 1 aliphatic rings. The standard InChI is InChI=1S/C12H23NO4/c1-9(2)16-7-6-13(3)8-10-4-5-11(17-10)12(14)15/h9-11H,4-8H2,1-3H3,(H,14,15). The lowest BCUT2D eigenvalue weighted by Gasteiger charge is -2.21. The molecule has 1 saturated heterocycles. The second kappa shape index (κ2) is 6.93. The van der Waals surface area contributed by atoms with Crippen molar-refractivity contribution in [2.45, 2.75) is 45.0 Å². The van der Waals surface area contributed by atoms with Gasteiger partial charge in [-0.1, -0.05) is 0 Å². The van der Waals surface area contributed by atoms with E-state index in [4.69, 9.17) is 14.6 Å². The third-order valence-corrected chi connectivity index (χ3v) is 2.82. The quantitative estimate of drug-likeness (QED) is 0.724. The van der Waals surface area contributed by atoms with Crippen LogP contribution in [0.3, 0.4) is 0 Å². The molecule has 1 N–H and O–H groups in total. The Labute approximate surface area is 103 Å². The third-order valence-electron chi connectivity index (χ3n) is 2.82. The van der Waals surface area contributed by atoms with Crippen LogP contribution in [-0.2, 0) is 14.3 Å². The molecule has 1 fully saturated rings. The smallest absolute Gasteiger partial charge is 0.332 e. The number of ether oxygens (including phenoxy) is 2. The Bertz CT molecular complexity index is 245. The highest BCUT2D eigenvalue weighted by Gasteiger charge is 2.30. The fourth-order valence-electron chi connectivity index (χ4n) is 1.90. The van der Waals surface area contributed by atoms with Gasteiger partial charge < -0.3 is 19.5 Å². The minimum Gasteiger partial charge on any atom is -0.479 e. The third kappa shape index (κ3) is 5.48. The van der Waals surface area contributed by atoms with E-state index >= 15 is 0 Å². The van der Waals surface area contributed by atoms with Gasteiger partial charge in [0.25, 0.3) is 0 Å². The SMILES string of the molecule is CC(C)OCCN(C)CC1CCC(C(=O)O)O1. The number of likely N-dealkylation sites (N-methyl/N-ethyl adjacent to an activating group) is 1. The molecule has 0 bridgehead atoms. The molecule has 0 aromatic carbocycles. The fourth-order valence-corrected chi connectivity index (χ4v) is 1.90. The lowest BCUT2D eigenvalue weighted by atomic mass is 10.2. The molecule has 0 aromatic heterocycles. The molecule has 1 rings (SSSR count). The molecule has 0 spiro atoms. The normalized spacial score (nSPS) is 24.8. The predicted molar refractivity (Wildman–Crippen MR) is 64.1 cm³/mol. The molecule has 100 valence electrons. The van der Waals surface area contributed by atoms with E-state index in [1.807, 2.05) is 20.9 Å². The highest BCUT2D eigenvalue weighted by Crippen LogP contribution is 2.20. The summed E-state index contributed by atoms with van der Waals surface area (Å²) in [5.74, 6) is -0.849. The van der Waals surface area contributed by atoms with Crippen LogP contribution in [0.4, 0.5) is 0 Å². The Kier molecular flexibility index (Phi) is 5.88. The first kappa shape index (κ1) is 14.4. The number of carbonyl (C=O) groups is 1. The summed E-state index contributed by atoms with van der Waals surface area (Å²) in [6.07, 6.45) is 1.13. The van der Waals surface area contributed by atoms with E-state index in [0.29, 0.717) is 13.0 Å². The Morgan fingerprint density at radius 3 is 2.76 bits per heavy atom. The monoisotopic (exact) mass is 245 g/mol. The Morgan fingerprint density at radius 2 is 2.24 bits per heavy atom. The van der Waals surface area contributed by atoms with E-state index < -0.39 is 12.1 Å². The van der Waals surface area contributed by atoms with Crippen LogP contribution in [0, 0.1) is 0 Å². The number of rotatable bonds is 7. The van der Waals surface area contributed by atoms with Crippen LogP contribution >= 0.6 is 0 Å². The first-order valence-electron chi connectivity index (χ1n) is 6.17. The van der Waals surface area contributed by atoms with Crippen LogP contribution in [-0.4, -0.2) is 61.0 Å². The van der Waals surface area contributed by atoms with E-state index in [-0.39, 0.29) is 12.2 Å². The summed E-state index contributed by atoms with van der Waals surface area (Å²) in [6, 6.07) is 0. The number of aliphatic carboxylic acids is 1. The highest BCUT2D eigenvalue weighted by molar-refractivity contribution is 5.72. The van der Waals surface area contributed by atoms with Crippen molar-refractivity contribution >= 4 is 5.97 Å². The van der Waals surface area contributed by atoms with Gasteiger partial charge in [-0.3, -0.25) is 0 Å². The zero-order chi connectivity index (χ0) is 12.8. The molecule has 2 atom stereocenters. The summed E-state index contributed by atoms with van der Waals surface area (Å²) < 4.78 is 10.9. The van der Waals surface area contributed by atoms with Crippen LogP contribution < -0.4 is 0 Å². The summed E-state index contributed by atoms with van der Waals surface area (Å²) in [7, 11) is 2.00. The summed E-state index contributed by atoms with van der Waals surface area (Å²) in [6.45, 7) is 6.33. The van der Waals surface area contributed by atoms with E-state index in [0.717, 1.165) is 19.5 Å². The fraction of sp³-hybridized carbons (Fsp3) is 0.917. The van der Waals surface area contributed by atoms with Crippen molar-refractivity contribution in [3.63, 3.8) is 0 Å². The summed E-state index contributed by atoms with van der Waals surface area (Å²) in [4.78, 5) is 12.8. The first-order chi connectivity index (χ1) is 7.99. The van der Waals surface area contributed by atoms with Gasteiger partial charge >= 0.3 is 5.97 Å². The Hall–Kier alpha value is -0.650. The van der Waals surface area contributed by atoms with Crippen molar-refractivity contribution in [1.82, 2.24) is 4.90 Å². The molecule has 1 aliphatic heterocycles. The van der Waals surface area contributed by atoms with Crippen LogP contribution in [0.15, 0.2) is 0 Å². The maximum Gasteiger partial charge on any atom is 0.332 e. The van der Waals surface area contributed by atoms with Gasteiger partial charge in [-0.25, -0.2) is 4.79 Å². The maximum absolute atomic E-state index is 10.7. The molecule has 0 amide bonds. The van der Waals surface area contributed by atoms with Crippen molar-refractivity contribution in [2.75, 3.05) is 26.7 Å². The Balaban J connectivity index is 2.15. The lowest BCUT2D eigenvalue weighted by molar-refractivity contribution is -0.149. The van der Waals surface area contributed by atoms with E-state index in [1.165, 1.54) is 0 Å². The molecular weight excluding hydrogens is 222 g/mol. The van der Waals surface area contributed by atoms with Gasteiger partial charge in [0.15, 0.2) is 6.10 Å². The van der Waals surface area contributed by atoms with Gasteiger partial charge in [-0.15, -0.1) is 0 Å². The van der Waals surface area contributed by atoms with E-state index in [1.54, 1.807) is 0 Å². The van der Waals surface area contributed by atoms with Crippen LogP contribution in [0.2, 0.25) is 0 Å². The van der Waals surface area contributed by atoms with Crippen molar-refractivity contribution in [1.29, 1.82) is 0 Å². The second-order valence-electron chi connectivity index (χ2n) is 4.84. The van der Waals surface area contributed by atoms with E-state index in [2.05, 4.69) is 4.90 Å². The van der Waals surface area contributed by atoms with Gasteiger partial charge in [0, 0.05) is 13.1 Å². The number of carboxylic acids is 1. The topological polar surface area (TPSA) is 59.0 Å². The molecule has 5 nitrogen and oxygen atoms in total. The van der Waals surface area contributed by atoms with Gasteiger partial charge in [-0.05, 0) is 33.7 Å². The summed E-state index contributed by atoms with van der Waals surface area (Å²) >= 11 is 0. The molecule has 0 aromatic rings. The average molecular weight is 245 g/mol. The largest absolute Gasteiger partial charge is 0.479 e. The number of nitrogens with zero attached hydrogens (tertiary/aromatic N) is 1. The summed E-state index contributed by atoms with van der Waals surface area (Å²) in [5.41, 5.74) is 0. The van der Waals surface area contributed by atoms with Crippen LogP contribution in [0.1, 0.15) is 26.7 Å². The first-order valence-corrected chi connectivity index (χ1v) is 6.17. The summed E-state index contributed by atoms with van der Waals surface area (Å²) in [5, 5.41) is 8.81. The van der Waals surface area contributed by atoms with Crippen molar-refractivity contribution in [2.24, 2.45) is 0 Å². The Morgan fingerprint density at radius 1 is 1.53 bits per heavy atom. The molecule has 2 unspecified atom stereocenters. The minimum absolute atomic E-state index is 0.0418. The van der Waals surface area contributed by atoms with Crippen LogP contribution in [0.5, 0.6) is 0 Å². The van der Waals surface area contributed by atoms with Crippen molar-refractivity contribution in [3.8, 4) is 0 Å². The molecule has 1 heterocycles. The second-order valence-corrected chi connectivity index (χ2v) is 4.84. The molecular formula is C12H23NO4. The highest BCUT2D eigenvalue weighted by atomic mass is 16.5. The zero-order valence-electron chi connectivity index (χ0n) is 10.9. The molecule has 0 radical (unpaired) electrons. The predicted octanol–water partition coefficient (Wildman–Crippen LogP) is 0.975. The zero-order valence-corrected chi connectivity index (χ0v) is 10.9. The van der Waals surface area contributed by atoms with Gasteiger partial charge in [-0.2, -0.15) is 0 Å². The molecule has 5 heteroatoms. The van der Waals surface area contributed by atoms with Gasteiger partial charge in [0.05, 0.1) is 18.8 Å². The molecule has 17 heavy (non-hydrogen) atoms. The van der Waals surface area contributed by atoms with Crippen molar-refractivity contribution < 1.29 is 19.4 Å².